The van der Waals surface area contributed by atoms with Gasteiger partial charge in [-0.1, -0.05) is 42.5 Å². The normalized spacial score (nSPS) is 17.8. The van der Waals surface area contributed by atoms with E-state index in [1.807, 2.05) is 78.9 Å². The van der Waals surface area contributed by atoms with Crippen LogP contribution in [-0.2, 0) is 4.79 Å². The highest BCUT2D eigenvalue weighted by Gasteiger charge is 2.27. The lowest BCUT2D eigenvalue weighted by Crippen LogP contribution is -2.18. The molecule has 3 heterocycles. The zero-order valence-corrected chi connectivity index (χ0v) is 16.2. The van der Waals surface area contributed by atoms with Gasteiger partial charge in [0.15, 0.2) is 0 Å². The fourth-order valence-electron chi connectivity index (χ4n) is 3.75. The minimum Gasteiger partial charge on any atom is -0.345 e. The van der Waals surface area contributed by atoms with Gasteiger partial charge >= 0.3 is 0 Å². The summed E-state index contributed by atoms with van der Waals surface area (Å²) in [7, 11) is 0. The largest absolute Gasteiger partial charge is 0.345 e. The van der Waals surface area contributed by atoms with Crippen molar-refractivity contribution in [3.8, 4) is 0 Å². The summed E-state index contributed by atoms with van der Waals surface area (Å²) in [5.41, 5.74) is 5.79. The van der Waals surface area contributed by atoms with Crippen molar-refractivity contribution in [3.63, 3.8) is 0 Å². The molecule has 0 radical (unpaired) electrons. The zero-order valence-electron chi connectivity index (χ0n) is 16.2. The summed E-state index contributed by atoms with van der Waals surface area (Å²) in [6.45, 7) is 0. The van der Waals surface area contributed by atoms with Gasteiger partial charge in [-0.25, -0.2) is 0 Å². The second-order valence-corrected chi connectivity index (χ2v) is 7.34. The number of aromatic amines is 1. The maximum Gasteiger partial charge on any atom is 0.247 e. The van der Waals surface area contributed by atoms with Gasteiger partial charge in [0.2, 0.25) is 5.91 Å². The number of nitrogens with one attached hydrogen (secondary N) is 2. The minimum absolute atomic E-state index is 0.00506. The van der Waals surface area contributed by atoms with Crippen LogP contribution in [0.5, 0.6) is 0 Å². The van der Waals surface area contributed by atoms with E-state index in [-0.39, 0.29) is 11.9 Å². The predicted octanol–water partition coefficient (Wildman–Crippen LogP) is 4.77. The van der Waals surface area contributed by atoms with Crippen molar-refractivity contribution in [2.75, 3.05) is 0 Å². The number of carbonyl (C=O) groups excluding carboxylic acids is 1. The summed E-state index contributed by atoms with van der Waals surface area (Å²) in [6, 6.07) is 20.1. The number of aromatic nitrogens is 3. The Morgan fingerprint density at radius 3 is 2.60 bits per heavy atom. The Labute approximate surface area is 174 Å². The molecule has 146 valence electrons. The average molecular weight is 392 g/mol. The highest BCUT2D eigenvalue weighted by molar-refractivity contribution is 6.01. The number of hydrogen-bond acceptors (Lipinski definition) is 3. The number of amides is 1. The Kier molecular flexibility index (Phi) is 4.69. The van der Waals surface area contributed by atoms with Crippen LogP contribution in [0.15, 0.2) is 78.6 Å². The molecule has 1 aliphatic heterocycles. The molecule has 30 heavy (non-hydrogen) atoms. The molecule has 4 aromatic rings. The van der Waals surface area contributed by atoms with E-state index in [4.69, 9.17) is 0 Å². The molecule has 2 N–H and O–H groups in total. The Balaban J connectivity index is 1.38. The number of fused-ring (bicyclic) bond motifs is 1. The molecule has 0 aliphatic carbocycles. The molecular formula is C25H20N4O. The lowest BCUT2D eigenvalue weighted by atomic mass is 10.0. The predicted molar refractivity (Wildman–Crippen MR) is 119 cm³/mol. The van der Waals surface area contributed by atoms with Crippen molar-refractivity contribution >= 4 is 35.0 Å². The van der Waals surface area contributed by atoms with Crippen LogP contribution in [0.25, 0.3) is 29.1 Å². The topological polar surface area (TPSA) is 70.7 Å². The van der Waals surface area contributed by atoms with E-state index < -0.39 is 0 Å². The molecule has 1 atom stereocenters. The van der Waals surface area contributed by atoms with Gasteiger partial charge in [0.1, 0.15) is 0 Å². The molecule has 5 rings (SSSR count). The van der Waals surface area contributed by atoms with Crippen LogP contribution in [0.3, 0.4) is 0 Å². The van der Waals surface area contributed by atoms with Crippen LogP contribution in [-0.4, -0.2) is 21.1 Å². The van der Waals surface area contributed by atoms with E-state index in [1.54, 1.807) is 12.4 Å². The molecule has 1 saturated heterocycles. The molecule has 2 aromatic carbocycles. The molecule has 5 heteroatoms. The van der Waals surface area contributed by atoms with E-state index in [0.717, 1.165) is 38.9 Å². The third-order valence-corrected chi connectivity index (χ3v) is 5.32. The molecule has 0 spiro atoms. The third-order valence-electron chi connectivity index (χ3n) is 5.32. The molecule has 5 nitrogen and oxygen atoms in total. The Morgan fingerprint density at radius 1 is 0.933 bits per heavy atom. The van der Waals surface area contributed by atoms with Gasteiger partial charge in [-0.05, 0) is 53.1 Å². The summed E-state index contributed by atoms with van der Waals surface area (Å²) in [5.74, 6) is -0.00506. The quantitative estimate of drug-likeness (QED) is 0.491. The Hall–Kier alpha value is -3.99. The SMILES string of the molecule is O=C1NC(c2ccccc2)C/C1=C\c1ccc2c(/C=C/c3ccncc3)n[nH]c2c1. The zero-order chi connectivity index (χ0) is 20.3. The van der Waals surface area contributed by atoms with Crippen LogP contribution in [0, 0.1) is 0 Å². The highest BCUT2D eigenvalue weighted by atomic mass is 16.2. The third kappa shape index (κ3) is 3.65. The number of pyridine rings is 1. The maximum atomic E-state index is 12.4. The standard InChI is InChI=1S/C25H20N4O/c30-25-20(16-23(27-25)19-4-2-1-3-5-19)14-18-6-8-21-22(28-29-24(21)15-18)9-7-17-10-12-26-13-11-17/h1-15,23H,16H2,(H,27,30)(H,28,29)/b9-7+,20-14+. The van der Waals surface area contributed by atoms with Gasteiger partial charge in [-0.2, -0.15) is 5.10 Å². The van der Waals surface area contributed by atoms with Gasteiger partial charge in [0, 0.05) is 29.8 Å². The number of nitrogens with zero attached hydrogens (tertiary/aromatic N) is 2. The monoisotopic (exact) mass is 392 g/mol. The van der Waals surface area contributed by atoms with Gasteiger partial charge < -0.3 is 5.32 Å². The first-order valence-corrected chi connectivity index (χ1v) is 9.89. The summed E-state index contributed by atoms with van der Waals surface area (Å²) in [6.07, 6.45) is 10.2. The van der Waals surface area contributed by atoms with Crippen LogP contribution >= 0.6 is 0 Å². The van der Waals surface area contributed by atoms with Crippen molar-refractivity contribution in [2.45, 2.75) is 12.5 Å². The number of carbonyl (C=O) groups is 1. The summed E-state index contributed by atoms with van der Waals surface area (Å²) < 4.78 is 0. The molecular weight excluding hydrogens is 372 g/mol. The molecule has 0 saturated carbocycles. The van der Waals surface area contributed by atoms with Crippen LogP contribution < -0.4 is 5.32 Å². The number of benzene rings is 2. The molecule has 2 aromatic heterocycles. The van der Waals surface area contributed by atoms with Gasteiger partial charge in [-0.15, -0.1) is 0 Å². The first-order chi connectivity index (χ1) is 14.8. The number of H-pyrrole nitrogens is 1. The molecule has 0 bridgehead atoms. The Morgan fingerprint density at radius 2 is 1.77 bits per heavy atom. The lowest BCUT2D eigenvalue weighted by Gasteiger charge is -2.08. The number of hydrogen-bond donors (Lipinski definition) is 2. The summed E-state index contributed by atoms with van der Waals surface area (Å²) in [5, 5.41) is 11.6. The van der Waals surface area contributed by atoms with Crippen molar-refractivity contribution < 1.29 is 4.79 Å². The molecule has 1 aliphatic rings. The first-order valence-electron chi connectivity index (χ1n) is 9.89. The second kappa shape index (κ2) is 7.79. The van der Waals surface area contributed by atoms with Crippen molar-refractivity contribution in [1.82, 2.24) is 20.5 Å². The minimum atomic E-state index is -0.00506. The van der Waals surface area contributed by atoms with Gasteiger partial charge in [0.25, 0.3) is 0 Å². The smallest absolute Gasteiger partial charge is 0.247 e. The van der Waals surface area contributed by atoms with E-state index in [0.29, 0.717) is 6.42 Å². The lowest BCUT2D eigenvalue weighted by molar-refractivity contribution is -0.116. The summed E-state index contributed by atoms with van der Waals surface area (Å²) >= 11 is 0. The van der Waals surface area contributed by atoms with Gasteiger partial charge in [0.05, 0.1) is 17.3 Å². The highest BCUT2D eigenvalue weighted by Crippen LogP contribution is 2.29. The van der Waals surface area contributed by atoms with Crippen LogP contribution in [0.1, 0.15) is 34.8 Å². The summed E-state index contributed by atoms with van der Waals surface area (Å²) in [4.78, 5) is 16.5. The average Bonchev–Trinajstić information content (AvgIpc) is 3.36. The van der Waals surface area contributed by atoms with E-state index in [9.17, 15) is 4.79 Å². The molecule has 1 amide bonds. The Bertz CT molecular complexity index is 1260. The van der Waals surface area contributed by atoms with E-state index in [1.165, 1.54) is 0 Å². The van der Waals surface area contributed by atoms with Gasteiger partial charge in [-0.3, -0.25) is 14.9 Å². The molecule has 1 fully saturated rings. The van der Waals surface area contributed by atoms with Crippen LogP contribution in [0.4, 0.5) is 0 Å². The molecule has 1 unspecified atom stereocenters. The first kappa shape index (κ1) is 18.1. The second-order valence-electron chi connectivity index (χ2n) is 7.34. The van der Waals surface area contributed by atoms with Crippen molar-refractivity contribution in [2.24, 2.45) is 0 Å². The number of rotatable bonds is 4. The fourth-order valence-corrected chi connectivity index (χ4v) is 3.75. The van der Waals surface area contributed by atoms with E-state index >= 15 is 0 Å². The van der Waals surface area contributed by atoms with Crippen LogP contribution in [0.2, 0.25) is 0 Å². The fraction of sp³-hybridized carbons (Fsp3) is 0.0800. The maximum absolute atomic E-state index is 12.4. The van der Waals surface area contributed by atoms with Crippen molar-refractivity contribution in [1.29, 1.82) is 0 Å². The van der Waals surface area contributed by atoms with Crippen molar-refractivity contribution in [3.05, 3.63) is 101 Å². The van der Waals surface area contributed by atoms with E-state index in [2.05, 4.69) is 20.5 Å².